The Labute approximate surface area is 158 Å². The van der Waals surface area contributed by atoms with Gasteiger partial charge in [0.25, 0.3) is 0 Å². The predicted molar refractivity (Wildman–Crippen MR) is 101 cm³/mol. The molecule has 0 aliphatic carbocycles. The lowest BCUT2D eigenvalue weighted by atomic mass is 10.2. The smallest absolute Gasteiger partial charge is 0.313 e. The van der Waals surface area contributed by atoms with E-state index in [2.05, 4.69) is 10.3 Å². The summed E-state index contributed by atoms with van der Waals surface area (Å²) in [7, 11) is 0. The molecule has 1 aliphatic rings. The van der Waals surface area contributed by atoms with Gasteiger partial charge in [-0.1, -0.05) is 17.7 Å². The molecular formula is C20H23N3O4. The van der Waals surface area contributed by atoms with Crippen LogP contribution in [0, 0.1) is 6.92 Å². The third-order valence-corrected chi connectivity index (χ3v) is 4.14. The van der Waals surface area contributed by atoms with Crippen LogP contribution in [0.2, 0.25) is 0 Å². The number of hydrogen-bond acceptors (Lipinski definition) is 5. The van der Waals surface area contributed by atoms with Crippen molar-refractivity contribution >= 4 is 17.5 Å². The number of amides is 2. The summed E-state index contributed by atoms with van der Waals surface area (Å²) in [4.78, 5) is 30.2. The average Bonchev–Trinajstić information content (AvgIpc) is 2.63. The van der Waals surface area contributed by atoms with E-state index in [4.69, 9.17) is 9.47 Å². The van der Waals surface area contributed by atoms with Gasteiger partial charge in [0.2, 0.25) is 5.88 Å². The van der Waals surface area contributed by atoms with Crippen LogP contribution >= 0.6 is 0 Å². The number of carbonyl (C=O) groups is 2. The number of hydrogen-bond donors (Lipinski definition) is 1. The maximum absolute atomic E-state index is 12.3. The Morgan fingerprint density at radius 1 is 1.11 bits per heavy atom. The number of pyridine rings is 1. The van der Waals surface area contributed by atoms with Crippen molar-refractivity contribution in [3.63, 3.8) is 0 Å². The second-order valence-corrected chi connectivity index (χ2v) is 6.72. The Bertz CT molecular complexity index is 795. The molecule has 1 aliphatic heterocycles. The molecule has 0 radical (unpaired) electrons. The predicted octanol–water partition coefficient (Wildman–Crippen LogP) is 2.76. The standard InChI is InChI=1S/C20H23N3O4/c1-13-4-7-17(8-5-13)27-18-9-6-16(10-21-18)22-19(24)20(25)23-11-14(2)26-15(3)12-23/h4-10,14-15H,11-12H2,1-3H3,(H,22,24)/t14-,15-/m1/s1. The fourth-order valence-electron chi connectivity index (χ4n) is 2.91. The first-order valence-corrected chi connectivity index (χ1v) is 8.87. The number of rotatable bonds is 3. The molecule has 0 bridgehead atoms. The third kappa shape index (κ3) is 5.04. The molecule has 1 saturated heterocycles. The van der Waals surface area contributed by atoms with Crippen molar-refractivity contribution in [1.29, 1.82) is 0 Å². The minimum absolute atomic E-state index is 0.0922. The van der Waals surface area contributed by atoms with E-state index in [1.807, 2.05) is 45.0 Å². The van der Waals surface area contributed by atoms with E-state index in [0.717, 1.165) is 5.56 Å². The molecule has 7 heteroatoms. The molecule has 1 aromatic heterocycles. The van der Waals surface area contributed by atoms with E-state index >= 15 is 0 Å². The number of benzene rings is 1. The second kappa shape index (κ2) is 8.18. The van der Waals surface area contributed by atoms with Crippen molar-refractivity contribution in [2.45, 2.75) is 33.0 Å². The lowest BCUT2D eigenvalue weighted by molar-refractivity contribution is -0.151. The Balaban J connectivity index is 1.58. The number of carbonyl (C=O) groups excluding carboxylic acids is 2. The van der Waals surface area contributed by atoms with Crippen molar-refractivity contribution in [3.8, 4) is 11.6 Å². The maximum Gasteiger partial charge on any atom is 0.313 e. The van der Waals surface area contributed by atoms with Gasteiger partial charge in [-0.2, -0.15) is 0 Å². The van der Waals surface area contributed by atoms with E-state index in [9.17, 15) is 9.59 Å². The van der Waals surface area contributed by atoms with Crippen molar-refractivity contribution in [2.24, 2.45) is 0 Å². The quantitative estimate of drug-likeness (QED) is 0.842. The van der Waals surface area contributed by atoms with Gasteiger partial charge in [0.05, 0.1) is 24.1 Å². The van der Waals surface area contributed by atoms with Gasteiger partial charge in [-0.3, -0.25) is 9.59 Å². The van der Waals surface area contributed by atoms with Crippen molar-refractivity contribution in [1.82, 2.24) is 9.88 Å². The van der Waals surface area contributed by atoms with E-state index in [1.165, 1.54) is 11.1 Å². The summed E-state index contributed by atoms with van der Waals surface area (Å²) < 4.78 is 11.2. The molecule has 2 amide bonds. The van der Waals surface area contributed by atoms with Gasteiger partial charge in [0, 0.05) is 19.2 Å². The van der Waals surface area contributed by atoms with Crippen LogP contribution in [-0.4, -0.2) is 47.0 Å². The molecule has 0 spiro atoms. The highest BCUT2D eigenvalue weighted by Crippen LogP contribution is 2.21. The van der Waals surface area contributed by atoms with Crippen LogP contribution < -0.4 is 10.1 Å². The average molecular weight is 369 g/mol. The number of ether oxygens (including phenoxy) is 2. The minimum Gasteiger partial charge on any atom is -0.439 e. The summed E-state index contributed by atoms with van der Waals surface area (Å²) >= 11 is 0. The van der Waals surface area contributed by atoms with Crippen LogP contribution in [0.15, 0.2) is 42.6 Å². The SMILES string of the molecule is Cc1ccc(Oc2ccc(NC(=O)C(=O)N3C[C@@H](C)O[C@H](C)C3)cn2)cc1. The van der Waals surface area contributed by atoms with Crippen LogP contribution in [0.4, 0.5) is 5.69 Å². The van der Waals surface area contributed by atoms with Gasteiger partial charge in [-0.15, -0.1) is 0 Å². The molecule has 27 heavy (non-hydrogen) atoms. The van der Waals surface area contributed by atoms with Crippen LogP contribution in [-0.2, 0) is 14.3 Å². The highest BCUT2D eigenvalue weighted by atomic mass is 16.5. The van der Waals surface area contributed by atoms with Gasteiger partial charge < -0.3 is 19.7 Å². The third-order valence-electron chi connectivity index (χ3n) is 4.14. The molecule has 2 aromatic rings. The van der Waals surface area contributed by atoms with Gasteiger partial charge in [0.1, 0.15) is 5.75 Å². The zero-order chi connectivity index (χ0) is 19.4. The molecule has 142 valence electrons. The van der Waals surface area contributed by atoms with Gasteiger partial charge in [-0.25, -0.2) is 4.98 Å². The second-order valence-electron chi connectivity index (χ2n) is 6.72. The summed E-state index contributed by atoms with van der Waals surface area (Å²) in [5, 5.41) is 2.58. The monoisotopic (exact) mass is 369 g/mol. The molecule has 1 fully saturated rings. The largest absolute Gasteiger partial charge is 0.439 e. The summed E-state index contributed by atoms with van der Waals surface area (Å²) in [6.45, 7) is 6.56. The molecule has 2 heterocycles. The first-order chi connectivity index (χ1) is 12.9. The first kappa shape index (κ1) is 18.8. The van der Waals surface area contributed by atoms with E-state index in [-0.39, 0.29) is 12.2 Å². The zero-order valence-electron chi connectivity index (χ0n) is 15.6. The van der Waals surface area contributed by atoms with Crippen LogP contribution in [0.5, 0.6) is 11.6 Å². The molecule has 0 saturated carbocycles. The maximum atomic E-state index is 12.3. The summed E-state index contributed by atoms with van der Waals surface area (Å²) in [5.74, 6) is -0.183. The van der Waals surface area contributed by atoms with Crippen LogP contribution in [0.3, 0.4) is 0 Å². The number of nitrogens with one attached hydrogen (secondary N) is 1. The molecule has 1 aromatic carbocycles. The lowest BCUT2D eigenvalue weighted by Crippen LogP contribution is -2.51. The first-order valence-electron chi connectivity index (χ1n) is 8.87. The Hall–Kier alpha value is -2.93. The molecule has 2 atom stereocenters. The summed E-state index contributed by atoms with van der Waals surface area (Å²) in [6, 6.07) is 10.9. The summed E-state index contributed by atoms with van der Waals surface area (Å²) in [5.41, 5.74) is 1.57. The lowest BCUT2D eigenvalue weighted by Gasteiger charge is -2.34. The van der Waals surface area contributed by atoms with Gasteiger partial charge in [-0.05, 0) is 39.0 Å². The van der Waals surface area contributed by atoms with E-state index < -0.39 is 11.8 Å². The van der Waals surface area contributed by atoms with E-state index in [0.29, 0.717) is 30.4 Å². The fraction of sp³-hybridized carbons (Fsp3) is 0.350. The molecule has 0 unspecified atom stereocenters. The zero-order valence-corrected chi connectivity index (χ0v) is 15.6. The molecule has 3 rings (SSSR count). The summed E-state index contributed by atoms with van der Waals surface area (Å²) in [6.07, 6.45) is 1.27. The highest BCUT2D eigenvalue weighted by molar-refractivity contribution is 6.39. The van der Waals surface area contributed by atoms with Crippen molar-refractivity contribution in [2.75, 3.05) is 18.4 Å². The molecule has 1 N–H and O–H groups in total. The van der Waals surface area contributed by atoms with E-state index in [1.54, 1.807) is 12.1 Å². The fourth-order valence-corrected chi connectivity index (χ4v) is 2.91. The number of nitrogens with zero attached hydrogens (tertiary/aromatic N) is 2. The number of aryl methyl sites for hydroxylation is 1. The Kier molecular flexibility index (Phi) is 5.71. The number of morpholine rings is 1. The minimum atomic E-state index is -0.690. The van der Waals surface area contributed by atoms with Crippen molar-refractivity contribution in [3.05, 3.63) is 48.2 Å². The molecule has 7 nitrogen and oxygen atoms in total. The molecular weight excluding hydrogens is 346 g/mol. The topological polar surface area (TPSA) is 80.8 Å². The van der Waals surface area contributed by atoms with Crippen molar-refractivity contribution < 1.29 is 19.1 Å². The number of aromatic nitrogens is 1. The van der Waals surface area contributed by atoms with Gasteiger partial charge in [0.15, 0.2) is 0 Å². The normalized spacial score (nSPS) is 19.4. The van der Waals surface area contributed by atoms with Crippen LogP contribution in [0.1, 0.15) is 19.4 Å². The van der Waals surface area contributed by atoms with Gasteiger partial charge >= 0.3 is 11.8 Å². The Morgan fingerprint density at radius 2 is 1.78 bits per heavy atom. The highest BCUT2D eigenvalue weighted by Gasteiger charge is 2.29. The van der Waals surface area contributed by atoms with Crippen LogP contribution in [0.25, 0.3) is 0 Å². The Morgan fingerprint density at radius 3 is 2.37 bits per heavy atom. The number of anilines is 1.